The smallest absolute Gasteiger partial charge is 0.151 e. The summed E-state index contributed by atoms with van der Waals surface area (Å²) in [5.74, 6) is 1.16. The summed E-state index contributed by atoms with van der Waals surface area (Å²) in [5, 5.41) is 4.18. The fraction of sp³-hybridized carbons (Fsp3) is 0.250. The monoisotopic (exact) mass is 362 g/mol. The fourth-order valence-electron chi connectivity index (χ4n) is 2.18. The molecule has 0 spiro atoms. The molecule has 0 saturated heterocycles. The van der Waals surface area contributed by atoms with E-state index in [1.165, 1.54) is 0 Å². The van der Waals surface area contributed by atoms with Gasteiger partial charge in [0, 0.05) is 16.3 Å². The molecule has 0 aliphatic heterocycles. The zero-order valence-electron chi connectivity index (χ0n) is 12.1. The van der Waals surface area contributed by atoms with Gasteiger partial charge in [-0.3, -0.25) is 4.98 Å². The van der Waals surface area contributed by atoms with Gasteiger partial charge in [-0.15, -0.1) is 11.3 Å². The number of halogens is 1. The van der Waals surface area contributed by atoms with Crippen LogP contribution in [0, 0.1) is 0 Å². The van der Waals surface area contributed by atoms with Crippen LogP contribution in [-0.2, 0) is 0 Å². The Bertz CT molecular complexity index is 798. The third-order valence-electron chi connectivity index (χ3n) is 3.36. The molecule has 5 heteroatoms. The number of methoxy groups -OCH3 is 1. The highest BCUT2D eigenvalue weighted by molar-refractivity contribution is 9.10. The van der Waals surface area contributed by atoms with Gasteiger partial charge in [-0.05, 0) is 27.9 Å². The second-order valence-corrected chi connectivity index (χ2v) is 6.72. The Hall–Kier alpha value is -1.46. The lowest BCUT2D eigenvalue weighted by atomic mass is 10.1. The number of hydrogen-bond acceptors (Lipinski definition) is 4. The largest absolute Gasteiger partial charge is 0.494 e. The van der Waals surface area contributed by atoms with E-state index in [0.717, 1.165) is 37.4 Å². The van der Waals surface area contributed by atoms with Crippen LogP contribution in [0.15, 0.2) is 34.2 Å². The van der Waals surface area contributed by atoms with Crippen LogP contribution < -0.4 is 4.74 Å². The number of rotatable bonds is 3. The van der Waals surface area contributed by atoms with E-state index in [9.17, 15) is 0 Å². The maximum Gasteiger partial charge on any atom is 0.151 e. The zero-order chi connectivity index (χ0) is 15.0. The van der Waals surface area contributed by atoms with Crippen LogP contribution in [0.1, 0.15) is 25.5 Å². The Morgan fingerprint density at radius 3 is 2.76 bits per heavy atom. The zero-order valence-corrected chi connectivity index (χ0v) is 14.5. The SMILES string of the molecule is COc1cnc2cccc(-c3nc(C(C)C)cs3)c2c1Br. The van der Waals surface area contributed by atoms with Crippen molar-refractivity contribution in [3.63, 3.8) is 0 Å². The van der Waals surface area contributed by atoms with E-state index in [1.807, 2.05) is 12.1 Å². The molecule has 0 bridgehead atoms. The van der Waals surface area contributed by atoms with Crippen LogP contribution in [0.4, 0.5) is 0 Å². The molecule has 3 rings (SSSR count). The van der Waals surface area contributed by atoms with E-state index < -0.39 is 0 Å². The van der Waals surface area contributed by atoms with Crippen molar-refractivity contribution in [3.05, 3.63) is 39.9 Å². The normalized spacial score (nSPS) is 11.3. The van der Waals surface area contributed by atoms with Crippen LogP contribution in [0.25, 0.3) is 21.5 Å². The third-order valence-corrected chi connectivity index (χ3v) is 5.04. The lowest BCUT2D eigenvalue weighted by molar-refractivity contribution is 0.411. The highest BCUT2D eigenvalue weighted by Gasteiger charge is 2.15. The Balaban J connectivity index is 2.26. The van der Waals surface area contributed by atoms with Crippen molar-refractivity contribution in [2.24, 2.45) is 0 Å². The van der Waals surface area contributed by atoms with Gasteiger partial charge >= 0.3 is 0 Å². The van der Waals surface area contributed by atoms with Gasteiger partial charge in [-0.25, -0.2) is 4.98 Å². The van der Waals surface area contributed by atoms with Crippen LogP contribution in [0.3, 0.4) is 0 Å². The summed E-state index contributed by atoms with van der Waals surface area (Å²) < 4.78 is 6.28. The first-order chi connectivity index (χ1) is 10.1. The number of thiazole rings is 1. The molecule has 21 heavy (non-hydrogen) atoms. The standard InChI is InChI=1S/C16H15BrN2OS/c1-9(2)12-8-21-16(19-12)10-5-4-6-11-14(10)15(17)13(20-3)7-18-11/h4-9H,1-3H3. The van der Waals surface area contributed by atoms with Crippen LogP contribution >= 0.6 is 27.3 Å². The maximum absolute atomic E-state index is 5.36. The summed E-state index contributed by atoms with van der Waals surface area (Å²) in [6.07, 6.45) is 1.73. The molecule has 2 heterocycles. The minimum absolute atomic E-state index is 0.432. The second kappa shape index (κ2) is 5.73. The summed E-state index contributed by atoms with van der Waals surface area (Å²) in [4.78, 5) is 9.22. The van der Waals surface area contributed by atoms with Gasteiger partial charge < -0.3 is 4.74 Å². The summed E-state index contributed by atoms with van der Waals surface area (Å²) in [5.41, 5.74) is 3.14. The Kier molecular flexibility index (Phi) is 3.95. The molecule has 0 amide bonds. The van der Waals surface area contributed by atoms with E-state index in [-0.39, 0.29) is 0 Å². The highest BCUT2D eigenvalue weighted by Crippen LogP contribution is 2.39. The molecule has 0 unspecified atom stereocenters. The minimum Gasteiger partial charge on any atom is -0.494 e. The number of hydrogen-bond donors (Lipinski definition) is 0. The van der Waals surface area contributed by atoms with Gasteiger partial charge in [0.15, 0.2) is 5.75 Å². The molecule has 108 valence electrons. The number of aromatic nitrogens is 2. The quantitative estimate of drug-likeness (QED) is 0.637. The number of fused-ring (bicyclic) bond motifs is 1. The molecule has 0 atom stereocenters. The van der Waals surface area contributed by atoms with Gasteiger partial charge in [0.2, 0.25) is 0 Å². The summed E-state index contributed by atoms with van der Waals surface area (Å²) in [7, 11) is 1.65. The van der Waals surface area contributed by atoms with Gasteiger partial charge in [-0.1, -0.05) is 26.0 Å². The van der Waals surface area contributed by atoms with E-state index >= 15 is 0 Å². The Morgan fingerprint density at radius 2 is 2.10 bits per heavy atom. The molecule has 3 nitrogen and oxygen atoms in total. The number of benzene rings is 1. The van der Waals surface area contributed by atoms with Gasteiger partial charge in [-0.2, -0.15) is 0 Å². The van der Waals surface area contributed by atoms with Gasteiger partial charge in [0.05, 0.1) is 29.0 Å². The Labute approximate surface area is 136 Å². The molecule has 0 aliphatic carbocycles. The molecule has 2 aromatic heterocycles. The molecular formula is C16H15BrN2OS. The third kappa shape index (κ3) is 2.56. The fourth-order valence-corrected chi connectivity index (χ4v) is 3.88. The van der Waals surface area contributed by atoms with Crippen molar-refractivity contribution >= 4 is 38.2 Å². The molecule has 0 saturated carbocycles. The molecule has 3 aromatic rings. The van der Waals surface area contributed by atoms with E-state index in [1.54, 1.807) is 24.6 Å². The number of ether oxygens (including phenoxy) is 1. The average Bonchev–Trinajstić information content (AvgIpc) is 2.97. The minimum atomic E-state index is 0.432. The number of pyridine rings is 1. The topological polar surface area (TPSA) is 35.0 Å². The van der Waals surface area contributed by atoms with Crippen LogP contribution in [0.5, 0.6) is 5.75 Å². The van der Waals surface area contributed by atoms with Crippen molar-refractivity contribution in [2.45, 2.75) is 19.8 Å². The second-order valence-electron chi connectivity index (χ2n) is 5.07. The predicted octanol–water partition coefficient (Wildman–Crippen LogP) is 5.25. The average molecular weight is 363 g/mol. The van der Waals surface area contributed by atoms with Crippen molar-refractivity contribution < 1.29 is 4.74 Å². The first kappa shape index (κ1) is 14.5. The molecule has 0 aliphatic rings. The van der Waals surface area contributed by atoms with Crippen molar-refractivity contribution in [2.75, 3.05) is 7.11 Å². The first-order valence-electron chi connectivity index (χ1n) is 6.68. The lowest BCUT2D eigenvalue weighted by Gasteiger charge is -2.09. The Morgan fingerprint density at radius 1 is 1.29 bits per heavy atom. The van der Waals surface area contributed by atoms with Crippen molar-refractivity contribution in [3.8, 4) is 16.3 Å². The van der Waals surface area contributed by atoms with Gasteiger partial charge in [0.25, 0.3) is 0 Å². The lowest BCUT2D eigenvalue weighted by Crippen LogP contribution is -1.91. The molecule has 1 aromatic carbocycles. The van der Waals surface area contributed by atoms with E-state index in [2.05, 4.69) is 46.2 Å². The summed E-state index contributed by atoms with van der Waals surface area (Å²) >= 11 is 5.31. The predicted molar refractivity (Wildman–Crippen MR) is 91.2 cm³/mol. The molecule has 0 radical (unpaired) electrons. The van der Waals surface area contributed by atoms with E-state index in [0.29, 0.717) is 5.92 Å². The van der Waals surface area contributed by atoms with Crippen LogP contribution in [0.2, 0.25) is 0 Å². The maximum atomic E-state index is 5.36. The van der Waals surface area contributed by atoms with Crippen molar-refractivity contribution in [1.82, 2.24) is 9.97 Å². The molecular weight excluding hydrogens is 348 g/mol. The molecule has 0 fully saturated rings. The van der Waals surface area contributed by atoms with E-state index in [4.69, 9.17) is 9.72 Å². The highest BCUT2D eigenvalue weighted by atomic mass is 79.9. The van der Waals surface area contributed by atoms with Crippen LogP contribution in [-0.4, -0.2) is 17.1 Å². The number of nitrogens with zero attached hydrogens (tertiary/aromatic N) is 2. The van der Waals surface area contributed by atoms with Crippen molar-refractivity contribution in [1.29, 1.82) is 0 Å². The summed E-state index contributed by atoms with van der Waals surface area (Å²) in [6.45, 7) is 4.31. The molecule has 0 N–H and O–H groups in total. The first-order valence-corrected chi connectivity index (χ1v) is 8.36. The summed E-state index contributed by atoms with van der Waals surface area (Å²) in [6, 6.07) is 6.09. The van der Waals surface area contributed by atoms with Gasteiger partial charge in [0.1, 0.15) is 5.01 Å².